The first-order valence-electron chi connectivity index (χ1n) is 7.69. The normalized spacial score (nSPS) is 12.8. The summed E-state index contributed by atoms with van der Waals surface area (Å²) in [6.45, 7) is 5.17. The van der Waals surface area contributed by atoms with E-state index in [1.807, 2.05) is 13.0 Å². The van der Waals surface area contributed by atoms with Gasteiger partial charge in [-0.25, -0.2) is 13.1 Å². The molecule has 0 bridgehead atoms. The van der Waals surface area contributed by atoms with Crippen LogP contribution in [0.3, 0.4) is 0 Å². The van der Waals surface area contributed by atoms with Gasteiger partial charge in [0.25, 0.3) is 5.69 Å². The monoisotopic (exact) mass is 364 g/mol. The molecule has 2 aromatic rings. The minimum Gasteiger partial charge on any atom is -0.371 e. The average molecular weight is 364 g/mol. The molecule has 0 saturated carbocycles. The van der Waals surface area contributed by atoms with Crippen molar-refractivity contribution < 1.29 is 13.3 Å². The third kappa shape index (κ3) is 4.74. The summed E-state index contributed by atoms with van der Waals surface area (Å²) in [5, 5.41) is 14.4. The third-order valence-corrected chi connectivity index (χ3v) is 5.03. The topological polar surface area (TPSA) is 114 Å². The first-order valence-corrected chi connectivity index (χ1v) is 9.17. The highest BCUT2D eigenvalue weighted by atomic mass is 32.2. The third-order valence-electron chi connectivity index (χ3n) is 3.37. The zero-order chi connectivity index (χ0) is 18.6. The molecule has 0 amide bonds. The van der Waals surface area contributed by atoms with Crippen LogP contribution < -0.4 is 10.0 Å². The number of benzene rings is 1. The maximum Gasteiger partial charge on any atom is 0.293 e. The van der Waals surface area contributed by atoms with Crippen molar-refractivity contribution in [3.8, 4) is 0 Å². The molecule has 0 spiro atoms. The number of nitro benzene ring substituents is 1. The SMILES string of the molecule is CC(C)NS(=O)(=O)c1ccc(N[C@@H](C)c2ccccn2)c([N+](=O)[O-])c1. The van der Waals surface area contributed by atoms with Crippen molar-refractivity contribution in [2.75, 3.05) is 5.32 Å². The molecule has 0 fully saturated rings. The summed E-state index contributed by atoms with van der Waals surface area (Å²) in [4.78, 5) is 14.8. The van der Waals surface area contributed by atoms with Crippen LogP contribution >= 0.6 is 0 Å². The molecule has 9 heteroatoms. The first-order chi connectivity index (χ1) is 11.7. The van der Waals surface area contributed by atoms with Crippen LogP contribution in [-0.2, 0) is 10.0 Å². The van der Waals surface area contributed by atoms with Crippen molar-refractivity contribution in [3.63, 3.8) is 0 Å². The predicted molar refractivity (Wildman–Crippen MR) is 94.8 cm³/mol. The summed E-state index contributed by atoms with van der Waals surface area (Å²) < 4.78 is 26.8. The number of hydrogen-bond donors (Lipinski definition) is 2. The number of nitro groups is 1. The molecule has 134 valence electrons. The van der Waals surface area contributed by atoms with E-state index < -0.39 is 14.9 Å². The van der Waals surface area contributed by atoms with Crippen LogP contribution in [0.1, 0.15) is 32.5 Å². The number of hydrogen-bond acceptors (Lipinski definition) is 6. The largest absolute Gasteiger partial charge is 0.371 e. The molecule has 2 N–H and O–H groups in total. The summed E-state index contributed by atoms with van der Waals surface area (Å²) in [5.41, 5.74) is 0.635. The van der Waals surface area contributed by atoms with E-state index in [1.54, 1.807) is 32.2 Å². The lowest BCUT2D eigenvalue weighted by molar-refractivity contribution is -0.384. The van der Waals surface area contributed by atoms with Crippen molar-refractivity contribution >= 4 is 21.4 Å². The molecule has 1 aromatic heterocycles. The second kappa shape index (κ2) is 7.58. The number of rotatable bonds is 7. The lowest BCUT2D eigenvalue weighted by Crippen LogP contribution is -2.30. The summed E-state index contributed by atoms with van der Waals surface area (Å²) >= 11 is 0. The number of nitrogens with zero attached hydrogens (tertiary/aromatic N) is 2. The number of aromatic nitrogens is 1. The fourth-order valence-corrected chi connectivity index (χ4v) is 3.54. The Morgan fingerprint density at radius 1 is 1.16 bits per heavy atom. The van der Waals surface area contributed by atoms with Crippen molar-refractivity contribution in [1.29, 1.82) is 0 Å². The predicted octanol–water partition coefficient (Wildman–Crippen LogP) is 2.85. The first kappa shape index (κ1) is 18.8. The van der Waals surface area contributed by atoms with Gasteiger partial charge < -0.3 is 5.32 Å². The highest BCUT2D eigenvalue weighted by Crippen LogP contribution is 2.30. The second-order valence-electron chi connectivity index (χ2n) is 5.83. The van der Waals surface area contributed by atoms with Gasteiger partial charge in [-0.15, -0.1) is 0 Å². The molecule has 0 aliphatic heterocycles. The van der Waals surface area contributed by atoms with Crippen LogP contribution in [0.25, 0.3) is 0 Å². The molecule has 1 aromatic carbocycles. The molecule has 1 heterocycles. The van der Waals surface area contributed by atoms with Gasteiger partial charge in [-0.1, -0.05) is 6.07 Å². The molecule has 0 aliphatic rings. The van der Waals surface area contributed by atoms with Gasteiger partial charge in [-0.3, -0.25) is 15.1 Å². The van der Waals surface area contributed by atoms with Gasteiger partial charge in [0.2, 0.25) is 10.0 Å². The smallest absolute Gasteiger partial charge is 0.293 e. The summed E-state index contributed by atoms with van der Waals surface area (Å²) in [5.74, 6) is 0. The zero-order valence-electron chi connectivity index (χ0n) is 14.1. The molecule has 0 aliphatic carbocycles. The average Bonchev–Trinajstić information content (AvgIpc) is 2.54. The molecular weight excluding hydrogens is 344 g/mol. The van der Waals surface area contributed by atoms with Crippen molar-refractivity contribution in [2.45, 2.75) is 37.8 Å². The van der Waals surface area contributed by atoms with E-state index in [0.717, 1.165) is 11.8 Å². The van der Waals surface area contributed by atoms with Gasteiger partial charge in [-0.05, 0) is 45.0 Å². The molecular formula is C16H20N4O4S. The van der Waals surface area contributed by atoms with Crippen molar-refractivity contribution in [1.82, 2.24) is 9.71 Å². The minimum atomic E-state index is -3.81. The van der Waals surface area contributed by atoms with E-state index in [9.17, 15) is 18.5 Å². The van der Waals surface area contributed by atoms with Crippen LogP contribution in [0.15, 0.2) is 47.5 Å². The van der Waals surface area contributed by atoms with Crippen LogP contribution in [0.4, 0.5) is 11.4 Å². The molecule has 2 rings (SSSR count). The Morgan fingerprint density at radius 3 is 2.44 bits per heavy atom. The Hall–Kier alpha value is -2.52. The van der Waals surface area contributed by atoms with Gasteiger partial charge in [0, 0.05) is 18.3 Å². The molecule has 8 nitrogen and oxygen atoms in total. The zero-order valence-corrected chi connectivity index (χ0v) is 14.9. The lowest BCUT2D eigenvalue weighted by atomic mass is 10.2. The fourth-order valence-electron chi connectivity index (χ4n) is 2.27. The molecule has 0 unspecified atom stereocenters. The maximum absolute atomic E-state index is 12.2. The van der Waals surface area contributed by atoms with E-state index in [2.05, 4.69) is 15.0 Å². The van der Waals surface area contributed by atoms with Crippen LogP contribution in [0.5, 0.6) is 0 Å². The quantitative estimate of drug-likeness (QED) is 0.577. The van der Waals surface area contributed by atoms with E-state index in [-0.39, 0.29) is 28.4 Å². The molecule has 0 saturated heterocycles. The number of sulfonamides is 1. The van der Waals surface area contributed by atoms with E-state index in [0.29, 0.717) is 0 Å². The highest BCUT2D eigenvalue weighted by molar-refractivity contribution is 7.89. The number of pyridine rings is 1. The van der Waals surface area contributed by atoms with Gasteiger partial charge in [0.1, 0.15) is 5.69 Å². The fraction of sp³-hybridized carbons (Fsp3) is 0.312. The second-order valence-corrected chi connectivity index (χ2v) is 7.55. The Bertz CT molecular complexity index is 854. The maximum atomic E-state index is 12.2. The Kier molecular flexibility index (Phi) is 5.70. The van der Waals surface area contributed by atoms with Crippen LogP contribution in [0, 0.1) is 10.1 Å². The molecule has 1 atom stereocenters. The van der Waals surface area contributed by atoms with Gasteiger partial charge >= 0.3 is 0 Å². The summed E-state index contributed by atoms with van der Waals surface area (Å²) in [6.07, 6.45) is 1.63. The summed E-state index contributed by atoms with van der Waals surface area (Å²) in [6, 6.07) is 8.59. The Labute approximate surface area is 146 Å². The van der Waals surface area contributed by atoms with E-state index in [1.165, 1.54) is 12.1 Å². The van der Waals surface area contributed by atoms with Crippen LogP contribution in [-0.4, -0.2) is 24.4 Å². The van der Waals surface area contributed by atoms with E-state index >= 15 is 0 Å². The number of nitrogens with one attached hydrogen (secondary N) is 2. The Morgan fingerprint density at radius 2 is 1.88 bits per heavy atom. The summed E-state index contributed by atoms with van der Waals surface area (Å²) in [7, 11) is -3.81. The highest BCUT2D eigenvalue weighted by Gasteiger charge is 2.23. The van der Waals surface area contributed by atoms with E-state index in [4.69, 9.17) is 0 Å². The van der Waals surface area contributed by atoms with Gasteiger partial charge in [0.15, 0.2) is 0 Å². The number of anilines is 1. The van der Waals surface area contributed by atoms with Gasteiger partial charge in [0.05, 0.1) is 21.6 Å². The van der Waals surface area contributed by atoms with Gasteiger partial charge in [-0.2, -0.15) is 0 Å². The standard InChI is InChI=1S/C16H20N4O4S/c1-11(2)19-25(23,24)13-7-8-15(16(10-13)20(21)22)18-12(3)14-6-4-5-9-17-14/h4-12,18-19H,1-3H3/t12-/m0/s1. The van der Waals surface area contributed by atoms with Crippen LogP contribution in [0.2, 0.25) is 0 Å². The van der Waals surface area contributed by atoms with Crippen molar-refractivity contribution in [3.05, 3.63) is 58.4 Å². The van der Waals surface area contributed by atoms with Crippen molar-refractivity contribution in [2.24, 2.45) is 0 Å². The lowest BCUT2D eigenvalue weighted by Gasteiger charge is -2.15. The Balaban J connectivity index is 2.35. The molecule has 0 radical (unpaired) electrons. The minimum absolute atomic E-state index is 0.149. The molecule has 25 heavy (non-hydrogen) atoms.